The molecule has 0 aliphatic carbocycles. The molecule has 0 aromatic carbocycles. The summed E-state index contributed by atoms with van der Waals surface area (Å²) in [7, 11) is 0. The second-order valence-corrected chi connectivity index (χ2v) is 8.29. The molecule has 2 aromatic heterocycles. The number of ether oxygens (including phenoxy) is 1. The lowest BCUT2D eigenvalue weighted by atomic mass is 9.89. The Hall–Kier alpha value is -3.79. The van der Waals surface area contributed by atoms with Gasteiger partial charge >= 0.3 is 24.3 Å². The van der Waals surface area contributed by atoms with Crippen molar-refractivity contribution in [1.82, 2.24) is 14.9 Å². The molecule has 3 N–H and O–H groups in total. The van der Waals surface area contributed by atoms with E-state index in [2.05, 4.69) is 20.2 Å². The first-order chi connectivity index (χ1) is 18.2. The Balaban J connectivity index is 0.000000317. The van der Waals surface area contributed by atoms with E-state index in [1.165, 1.54) is 0 Å². The number of hydrogen-bond donors (Lipinski definition) is 3. The minimum Gasteiger partial charge on any atom is -0.475 e. The first kappa shape index (κ1) is 31.4. The van der Waals surface area contributed by atoms with Gasteiger partial charge in [-0.05, 0) is 37.1 Å². The Bertz CT molecular complexity index is 1060. The van der Waals surface area contributed by atoms with Crippen LogP contribution in [0.4, 0.5) is 32.0 Å². The second-order valence-electron chi connectivity index (χ2n) is 8.29. The maximum Gasteiger partial charge on any atom is 0.490 e. The number of carboxylic acid groups (broad SMARTS) is 2. The van der Waals surface area contributed by atoms with Crippen LogP contribution in [0.15, 0.2) is 48.9 Å². The third kappa shape index (κ3) is 10.5. The minimum absolute atomic E-state index is 0.0352. The van der Waals surface area contributed by atoms with Gasteiger partial charge in [0.15, 0.2) is 0 Å². The van der Waals surface area contributed by atoms with Gasteiger partial charge in [0.05, 0.1) is 29.6 Å². The van der Waals surface area contributed by atoms with Crippen LogP contribution in [-0.2, 0) is 25.7 Å². The topological polar surface area (TPSA) is 142 Å². The Morgan fingerprint density at radius 3 is 2.15 bits per heavy atom. The summed E-state index contributed by atoms with van der Waals surface area (Å²) >= 11 is 0. The van der Waals surface area contributed by atoms with Gasteiger partial charge in [-0.25, -0.2) is 9.59 Å². The number of piperidine rings is 1. The first-order valence-electron chi connectivity index (χ1n) is 11.2. The van der Waals surface area contributed by atoms with Gasteiger partial charge in [0, 0.05) is 38.1 Å². The molecule has 0 bridgehead atoms. The Labute approximate surface area is 217 Å². The molecule has 4 rings (SSSR count). The lowest BCUT2D eigenvalue weighted by molar-refractivity contribution is -0.193. The van der Waals surface area contributed by atoms with E-state index < -0.39 is 24.3 Å². The number of carbonyl (C=O) groups excluding carboxylic acids is 1. The molecule has 4 heterocycles. The number of pyridine rings is 2. The normalized spacial score (nSPS) is 20.8. The second kappa shape index (κ2) is 13.8. The fourth-order valence-corrected chi connectivity index (χ4v) is 3.81. The number of amides is 1. The number of fused-ring (bicyclic) bond motifs is 1. The monoisotopic (exact) mass is 566 g/mol. The van der Waals surface area contributed by atoms with E-state index in [1.807, 2.05) is 36.5 Å². The fourth-order valence-electron chi connectivity index (χ4n) is 3.81. The van der Waals surface area contributed by atoms with Crippen LogP contribution in [0.25, 0.3) is 0 Å². The standard InChI is InChI=1S/C19H22N4O2.2C2HF3O2/c24-19(22-15-5-3-7-20-11-15)14-10-18-17(6-9-25-18)23(12-14)13-16-4-1-2-8-21-16;2*3-2(4,5)1(6)7/h1-5,7-8,11,14,17-18H,6,9-10,12-13H2,(H,22,24);2*(H,6,7)/t14-,17+,18+;;/m0../s1. The van der Waals surface area contributed by atoms with Crippen molar-refractivity contribution >= 4 is 23.5 Å². The van der Waals surface area contributed by atoms with E-state index in [1.54, 1.807) is 12.4 Å². The zero-order valence-electron chi connectivity index (χ0n) is 20.0. The van der Waals surface area contributed by atoms with Crippen molar-refractivity contribution in [2.24, 2.45) is 5.92 Å². The van der Waals surface area contributed by atoms with Gasteiger partial charge in [0.2, 0.25) is 5.91 Å². The molecule has 0 spiro atoms. The van der Waals surface area contributed by atoms with Gasteiger partial charge in [0.1, 0.15) is 0 Å². The van der Waals surface area contributed by atoms with Crippen LogP contribution in [0.2, 0.25) is 0 Å². The molecule has 2 fully saturated rings. The average molecular weight is 566 g/mol. The molecule has 0 radical (unpaired) electrons. The largest absolute Gasteiger partial charge is 0.490 e. The van der Waals surface area contributed by atoms with E-state index >= 15 is 0 Å². The predicted molar refractivity (Wildman–Crippen MR) is 121 cm³/mol. The highest BCUT2D eigenvalue weighted by Crippen LogP contribution is 2.32. The molecular weight excluding hydrogens is 542 g/mol. The number of rotatable bonds is 4. The van der Waals surface area contributed by atoms with Gasteiger partial charge in [-0.3, -0.25) is 19.7 Å². The summed E-state index contributed by atoms with van der Waals surface area (Å²) in [4.78, 5) is 41.3. The van der Waals surface area contributed by atoms with Crippen molar-refractivity contribution < 1.29 is 55.7 Å². The van der Waals surface area contributed by atoms with Crippen LogP contribution >= 0.6 is 0 Å². The number of nitrogens with zero attached hydrogens (tertiary/aromatic N) is 3. The van der Waals surface area contributed by atoms with Crippen molar-refractivity contribution in [3.05, 3.63) is 54.6 Å². The number of alkyl halides is 6. The molecule has 0 saturated carbocycles. The Morgan fingerprint density at radius 2 is 1.64 bits per heavy atom. The smallest absolute Gasteiger partial charge is 0.475 e. The maximum absolute atomic E-state index is 12.7. The van der Waals surface area contributed by atoms with Crippen LogP contribution in [0.5, 0.6) is 0 Å². The van der Waals surface area contributed by atoms with Gasteiger partial charge < -0.3 is 20.3 Å². The highest BCUT2D eigenvalue weighted by molar-refractivity contribution is 5.92. The van der Waals surface area contributed by atoms with Crippen molar-refractivity contribution in [3.63, 3.8) is 0 Å². The minimum atomic E-state index is -5.08. The molecule has 2 aliphatic heterocycles. The molecule has 214 valence electrons. The van der Waals surface area contributed by atoms with Gasteiger partial charge in [-0.15, -0.1) is 0 Å². The van der Waals surface area contributed by atoms with E-state index in [0.717, 1.165) is 43.9 Å². The van der Waals surface area contributed by atoms with E-state index in [9.17, 15) is 31.1 Å². The number of aliphatic carboxylic acids is 2. The summed E-state index contributed by atoms with van der Waals surface area (Å²) < 4.78 is 69.4. The van der Waals surface area contributed by atoms with Gasteiger partial charge in [0.25, 0.3) is 0 Å². The zero-order valence-corrected chi connectivity index (χ0v) is 20.0. The Morgan fingerprint density at radius 1 is 1.00 bits per heavy atom. The first-order valence-corrected chi connectivity index (χ1v) is 11.2. The molecule has 0 unspecified atom stereocenters. The summed E-state index contributed by atoms with van der Waals surface area (Å²) in [6.45, 7) is 2.25. The van der Waals surface area contributed by atoms with Crippen LogP contribution < -0.4 is 5.32 Å². The van der Waals surface area contributed by atoms with Crippen molar-refractivity contribution in [1.29, 1.82) is 0 Å². The number of carbonyl (C=O) groups is 3. The summed E-state index contributed by atoms with van der Waals surface area (Å²) in [5, 5.41) is 17.2. The molecular formula is C23H24F6N4O6. The number of halogens is 6. The molecule has 2 saturated heterocycles. The summed E-state index contributed by atoms with van der Waals surface area (Å²) in [6, 6.07) is 10.0. The third-order valence-electron chi connectivity index (χ3n) is 5.49. The predicted octanol–water partition coefficient (Wildman–Crippen LogP) is 3.36. The van der Waals surface area contributed by atoms with Crippen molar-refractivity contribution in [3.8, 4) is 0 Å². The number of aromatic nitrogens is 2. The molecule has 3 atom stereocenters. The summed E-state index contributed by atoms with van der Waals surface area (Å²) in [6.07, 6.45) is -3.07. The zero-order chi connectivity index (χ0) is 29.2. The van der Waals surface area contributed by atoms with E-state index in [0.29, 0.717) is 6.04 Å². The Kier molecular flexibility index (Phi) is 11.2. The van der Waals surface area contributed by atoms with Crippen LogP contribution in [0, 0.1) is 5.92 Å². The highest BCUT2D eigenvalue weighted by Gasteiger charge is 2.42. The quantitative estimate of drug-likeness (QED) is 0.475. The SMILES string of the molecule is O=C(Nc1cccnc1)[C@H]1C[C@H]2OCC[C@H]2N(Cc2ccccn2)C1.O=C(O)C(F)(F)F.O=C(O)C(F)(F)F. The van der Waals surface area contributed by atoms with Crippen LogP contribution in [0.3, 0.4) is 0 Å². The molecule has 10 nitrogen and oxygen atoms in total. The molecule has 1 amide bonds. The molecule has 39 heavy (non-hydrogen) atoms. The average Bonchev–Trinajstić information content (AvgIpc) is 3.34. The van der Waals surface area contributed by atoms with Crippen molar-refractivity contribution in [2.45, 2.75) is 43.9 Å². The van der Waals surface area contributed by atoms with E-state index in [4.69, 9.17) is 24.5 Å². The molecule has 2 aliphatic rings. The number of hydrogen-bond acceptors (Lipinski definition) is 7. The highest BCUT2D eigenvalue weighted by atomic mass is 19.4. The lowest BCUT2D eigenvalue weighted by Crippen LogP contribution is -2.51. The van der Waals surface area contributed by atoms with Crippen LogP contribution in [-0.4, -0.2) is 80.6 Å². The van der Waals surface area contributed by atoms with Gasteiger partial charge in [-0.2, -0.15) is 26.3 Å². The molecule has 2 aromatic rings. The lowest BCUT2D eigenvalue weighted by Gasteiger charge is -2.40. The fraction of sp³-hybridized carbons (Fsp3) is 0.435. The third-order valence-corrected chi connectivity index (χ3v) is 5.49. The summed E-state index contributed by atoms with van der Waals surface area (Å²) in [5.41, 5.74) is 1.76. The number of likely N-dealkylation sites (tertiary alicyclic amines) is 1. The maximum atomic E-state index is 12.7. The van der Waals surface area contributed by atoms with Crippen molar-refractivity contribution in [2.75, 3.05) is 18.5 Å². The number of nitrogens with one attached hydrogen (secondary N) is 1. The molecule has 16 heteroatoms. The number of carboxylic acids is 2. The van der Waals surface area contributed by atoms with Gasteiger partial charge in [-0.1, -0.05) is 6.07 Å². The summed E-state index contributed by atoms with van der Waals surface area (Å²) in [5.74, 6) is -5.57. The van der Waals surface area contributed by atoms with Crippen LogP contribution in [0.1, 0.15) is 18.5 Å². The number of anilines is 1. The van der Waals surface area contributed by atoms with E-state index in [-0.39, 0.29) is 17.9 Å².